The van der Waals surface area contributed by atoms with E-state index in [9.17, 15) is 13.2 Å². The quantitative estimate of drug-likeness (QED) is 0.768. The second-order valence-corrected chi connectivity index (χ2v) is 3.00. The molecule has 80 valence electrons. The van der Waals surface area contributed by atoms with Crippen molar-refractivity contribution in [2.45, 2.75) is 25.7 Å². The van der Waals surface area contributed by atoms with Crippen molar-refractivity contribution in [2.24, 2.45) is 5.73 Å². The normalized spacial score (nSPS) is 14.4. The van der Waals surface area contributed by atoms with Crippen LogP contribution in [0.4, 0.5) is 13.2 Å². The summed E-state index contributed by atoms with van der Waals surface area (Å²) in [7, 11) is 0. The molecule has 1 unspecified atom stereocenters. The maximum Gasteiger partial charge on any atom is 0.408 e. The molecule has 1 aromatic heterocycles. The maximum absolute atomic E-state index is 11.9. The van der Waals surface area contributed by atoms with Gasteiger partial charge >= 0.3 is 6.18 Å². The number of rotatable bonds is 2. The van der Waals surface area contributed by atoms with Crippen LogP contribution in [0, 0.1) is 0 Å². The van der Waals surface area contributed by atoms with Gasteiger partial charge in [0.25, 0.3) is 0 Å². The Balaban J connectivity index is 2.86. The molecule has 4 nitrogen and oxygen atoms in total. The lowest BCUT2D eigenvalue weighted by atomic mass is 10.2. The van der Waals surface area contributed by atoms with Crippen LogP contribution in [0.2, 0.25) is 0 Å². The summed E-state index contributed by atoms with van der Waals surface area (Å²) in [6.45, 7) is 0.299. The SMILES string of the molecule is CC(N)c1nn(CC(F)(F)F)cc1O. The van der Waals surface area contributed by atoms with Gasteiger partial charge in [0.1, 0.15) is 12.2 Å². The van der Waals surface area contributed by atoms with E-state index in [1.165, 1.54) is 6.92 Å². The van der Waals surface area contributed by atoms with Gasteiger partial charge in [-0.1, -0.05) is 0 Å². The van der Waals surface area contributed by atoms with Gasteiger partial charge < -0.3 is 10.8 Å². The fourth-order valence-electron chi connectivity index (χ4n) is 1.01. The van der Waals surface area contributed by atoms with Crippen molar-refractivity contribution in [3.05, 3.63) is 11.9 Å². The number of nitrogens with two attached hydrogens (primary N) is 1. The van der Waals surface area contributed by atoms with Crippen LogP contribution in [0.5, 0.6) is 5.75 Å². The second kappa shape index (κ2) is 3.49. The van der Waals surface area contributed by atoms with Gasteiger partial charge in [-0.15, -0.1) is 0 Å². The lowest BCUT2D eigenvalue weighted by Gasteiger charge is -2.05. The van der Waals surface area contributed by atoms with Crippen LogP contribution in [0.3, 0.4) is 0 Å². The van der Waals surface area contributed by atoms with Crippen LogP contribution in [0.1, 0.15) is 18.7 Å². The highest BCUT2D eigenvalue weighted by atomic mass is 19.4. The van der Waals surface area contributed by atoms with Gasteiger partial charge in [0.2, 0.25) is 0 Å². The second-order valence-electron chi connectivity index (χ2n) is 3.00. The first-order chi connectivity index (χ1) is 6.29. The van der Waals surface area contributed by atoms with E-state index in [4.69, 9.17) is 10.8 Å². The minimum Gasteiger partial charge on any atom is -0.504 e. The summed E-state index contributed by atoms with van der Waals surface area (Å²) in [5.74, 6) is -0.316. The Hall–Kier alpha value is -1.24. The van der Waals surface area contributed by atoms with Crippen LogP contribution in [0.25, 0.3) is 0 Å². The van der Waals surface area contributed by atoms with E-state index in [-0.39, 0.29) is 11.4 Å². The number of alkyl halides is 3. The molecule has 1 aromatic rings. The first-order valence-corrected chi connectivity index (χ1v) is 3.88. The lowest BCUT2D eigenvalue weighted by Crippen LogP contribution is -2.18. The highest BCUT2D eigenvalue weighted by Crippen LogP contribution is 2.23. The fourth-order valence-corrected chi connectivity index (χ4v) is 1.01. The highest BCUT2D eigenvalue weighted by Gasteiger charge is 2.29. The number of aromatic hydroxyl groups is 1. The Morgan fingerprint density at radius 1 is 1.64 bits per heavy atom. The molecule has 1 heterocycles. The molecule has 7 heteroatoms. The summed E-state index contributed by atoms with van der Waals surface area (Å²) in [6, 6.07) is -0.593. The van der Waals surface area contributed by atoms with E-state index in [0.717, 1.165) is 6.20 Å². The largest absolute Gasteiger partial charge is 0.504 e. The zero-order valence-corrected chi connectivity index (χ0v) is 7.41. The Morgan fingerprint density at radius 3 is 2.57 bits per heavy atom. The molecule has 1 rings (SSSR count). The fraction of sp³-hybridized carbons (Fsp3) is 0.571. The van der Waals surface area contributed by atoms with Crippen molar-refractivity contribution < 1.29 is 18.3 Å². The predicted molar refractivity (Wildman–Crippen MR) is 42.5 cm³/mol. The van der Waals surface area contributed by atoms with Crippen LogP contribution >= 0.6 is 0 Å². The number of hydrogen-bond donors (Lipinski definition) is 2. The van der Waals surface area contributed by atoms with Crippen molar-refractivity contribution in [1.82, 2.24) is 9.78 Å². The average molecular weight is 209 g/mol. The molecule has 14 heavy (non-hydrogen) atoms. The zero-order chi connectivity index (χ0) is 10.9. The highest BCUT2D eigenvalue weighted by molar-refractivity contribution is 5.24. The van der Waals surface area contributed by atoms with E-state index >= 15 is 0 Å². The maximum atomic E-state index is 11.9. The lowest BCUT2D eigenvalue weighted by molar-refractivity contribution is -0.142. The molecular formula is C7H10F3N3O. The molecule has 0 spiro atoms. The molecular weight excluding hydrogens is 199 g/mol. The number of halogens is 3. The summed E-state index contributed by atoms with van der Waals surface area (Å²) in [6.07, 6.45) is -3.44. The predicted octanol–water partition coefficient (Wildman–Crippen LogP) is 1.17. The minimum atomic E-state index is -4.35. The zero-order valence-electron chi connectivity index (χ0n) is 7.41. The Bertz CT molecular complexity index is 318. The standard InChI is InChI=1S/C7H10F3N3O/c1-4(11)6-5(14)2-13(12-6)3-7(8,9)10/h2,4,14H,3,11H2,1H3. The van der Waals surface area contributed by atoms with E-state index < -0.39 is 18.8 Å². The molecule has 0 aliphatic rings. The van der Waals surface area contributed by atoms with Crippen LogP contribution < -0.4 is 5.73 Å². The molecule has 0 aliphatic carbocycles. The third-order valence-corrected chi connectivity index (χ3v) is 1.54. The molecule has 0 saturated heterocycles. The van der Waals surface area contributed by atoms with E-state index in [0.29, 0.717) is 4.68 Å². The Kier molecular flexibility index (Phi) is 2.70. The average Bonchev–Trinajstić information content (AvgIpc) is 2.26. The monoisotopic (exact) mass is 209 g/mol. The first-order valence-electron chi connectivity index (χ1n) is 3.88. The van der Waals surface area contributed by atoms with Crippen molar-refractivity contribution in [2.75, 3.05) is 0 Å². The molecule has 0 radical (unpaired) electrons. The van der Waals surface area contributed by atoms with Crippen molar-refractivity contribution in [3.63, 3.8) is 0 Å². The molecule has 0 saturated carbocycles. The molecule has 3 N–H and O–H groups in total. The van der Waals surface area contributed by atoms with E-state index in [1.54, 1.807) is 0 Å². The van der Waals surface area contributed by atoms with Gasteiger partial charge in [-0.2, -0.15) is 18.3 Å². The molecule has 0 amide bonds. The van der Waals surface area contributed by atoms with Crippen LogP contribution in [0.15, 0.2) is 6.20 Å². The van der Waals surface area contributed by atoms with Crippen LogP contribution in [-0.4, -0.2) is 21.1 Å². The third kappa shape index (κ3) is 2.63. The molecule has 1 atom stereocenters. The topological polar surface area (TPSA) is 64.1 Å². The third-order valence-electron chi connectivity index (χ3n) is 1.54. The van der Waals surface area contributed by atoms with E-state index in [2.05, 4.69) is 5.10 Å². The summed E-state index contributed by atoms with van der Waals surface area (Å²) in [4.78, 5) is 0. The van der Waals surface area contributed by atoms with Crippen molar-refractivity contribution in [1.29, 1.82) is 0 Å². The summed E-state index contributed by atoms with van der Waals surface area (Å²) in [5, 5.41) is 12.7. The van der Waals surface area contributed by atoms with Crippen molar-refractivity contribution in [3.8, 4) is 5.75 Å². The van der Waals surface area contributed by atoms with Gasteiger partial charge in [-0.25, -0.2) is 0 Å². The van der Waals surface area contributed by atoms with E-state index in [1.807, 2.05) is 0 Å². The van der Waals surface area contributed by atoms with Gasteiger partial charge in [0, 0.05) is 6.04 Å². The summed E-state index contributed by atoms with van der Waals surface area (Å²) in [5.41, 5.74) is 5.44. The minimum absolute atomic E-state index is 0.0641. The van der Waals surface area contributed by atoms with Crippen LogP contribution in [-0.2, 0) is 6.54 Å². The summed E-state index contributed by atoms with van der Waals surface area (Å²) < 4.78 is 36.3. The molecule has 0 aliphatic heterocycles. The smallest absolute Gasteiger partial charge is 0.408 e. The number of aromatic nitrogens is 2. The Morgan fingerprint density at radius 2 is 2.21 bits per heavy atom. The van der Waals surface area contributed by atoms with Gasteiger partial charge in [0.05, 0.1) is 6.20 Å². The number of nitrogens with zero attached hydrogens (tertiary/aromatic N) is 2. The molecule has 0 bridgehead atoms. The number of hydrogen-bond acceptors (Lipinski definition) is 3. The molecule has 0 fully saturated rings. The van der Waals surface area contributed by atoms with Gasteiger partial charge in [-0.05, 0) is 6.92 Å². The van der Waals surface area contributed by atoms with Gasteiger partial charge in [-0.3, -0.25) is 4.68 Å². The summed E-state index contributed by atoms with van der Waals surface area (Å²) >= 11 is 0. The van der Waals surface area contributed by atoms with Gasteiger partial charge in [0.15, 0.2) is 5.75 Å². The van der Waals surface area contributed by atoms with Crippen molar-refractivity contribution >= 4 is 0 Å². The first kappa shape index (κ1) is 10.8. The molecule has 0 aromatic carbocycles. The Labute approximate surface area is 78.1 Å².